The fourth-order valence-corrected chi connectivity index (χ4v) is 3.91. The third kappa shape index (κ3) is 3.59. The fraction of sp³-hybridized carbons (Fsp3) is 0.611. The highest BCUT2D eigenvalue weighted by Crippen LogP contribution is 2.53. The summed E-state index contributed by atoms with van der Waals surface area (Å²) in [7, 11) is 0. The van der Waals surface area contributed by atoms with Gasteiger partial charge in [0.05, 0.1) is 11.7 Å². The van der Waals surface area contributed by atoms with Gasteiger partial charge in [-0.1, -0.05) is 13.8 Å². The van der Waals surface area contributed by atoms with Crippen LogP contribution in [0.2, 0.25) is 0 Å². The lowest BCUT2D eigenvalue weighted by atomic mass is 9.89. The van der Waals surface area contributed by atoms with Gasteiger partial charge in [0.2, 0.25) is 6.29 Å². The maximum atomic E-state index is 12.1. The van der Waals surface area contributed by atoms with Crippen molar-refractivity contribution in [1.29, 1.82) is 0 Å². The molecular formula is C18H23NO5. The molecule has 0 aromatic carbocycles. The Morgan fingerprint density at radius 2 is 2.08 bits per heavy atom. The van der Waals surface area contributed by atoms with Crippen LogP contribution in [-0.4, -0.2) is 35.9 Å². The maximum Gasteiger partial charge on any atom is 0.339 e. The van der Waals surface area contributed by atoms with Crippen molar-refractivity contribution < 1.29 is 23.8 Å². The minimum Gasteiger partial charge on any atom is -0.459 e. The van der Waals surface area contributed by atoms with E-state index in [1.165, 1.54) is 13.1 Å². The summed E-state index contributed by atoms with van der Waals surface area (Å²) in [5.74, 6) is -0.384. The summed E-state index contributed by atoms with van der Waals surface area (Å²) in [6, 6.07) is 3.35. The van der Waals surface area contributed by atoms with Crippen LogP contribution in [0.15, 0.2) is 24.5 Å². The van der Waals surface area contributed by atoms with Crippen LogP contribution in [0.1, 0.15) is 44.0 Å². The number of fused-ring (bicyclic) bond motifs is 1. The molecule has 2 aliphatic rings. The Balaban J connectivity index is 1.64. The first-order valence-corrected chi connectivity index (χ1v) is 8.25. The van der Waals surface area contributed by atoms with Crippen molar-refractivity contribution in [1.82, 2.24) is 4.98 Å². The molecule has 1 aromatic rings. The molecular weight excluding hydrogens is 310 g/mol. The zero-order valence-corrected chi connectivity index (χ0v) is 14.2. The average Bonchev–Trinajstić information content (AvgIpc) is 3.00. The van der Waals surface area contributed by atoms with E-state index >= 15 is 0 Å². The number of aromatic nitrogens is 1. The van der Waals surface area contributed by atoms with Gasteiger partial charge in [0, 0.05) is 25.2 Å². The van der Waals surface area contributed by atoms with Crippen molar-refractivity contribution in [2.45, 2.75) is 46.0 Å². The van der Waals surface area contributed by atoms with Crippen molar-refractivity contribution >= 4 is 11.9 Å². The third-order valence-electron chi connectivity index (χ3n) is 4.82. The Hall–Kier alpha value is -1.95. The fourth-order valence-electron chi connectivity index (χ4n) is 3.91. The van der Waals surface area contributed by atoms with E-state index in [9.17, 15) is 9.59 Å². The minimum absolute atomic E-state index is 0.155. The first-order valence-electron chi connectivity index (χ1n) is 8.25. The zero-order chi connectivity index (χ0) is 17.3. The number of esters is 2. The molecule has 4 atom stereocenters. The van der Waals surface area contributed by atoms with Gasteiger partial charge in [0.1, 0.15) is 6.61 Å². The second-order valence-electron chi connectivity index (χ2n) is 7.39. The molecule has 0 spiro atoms. The van der Waals surface area contributed by atoms with E-state index in [1.54, 1.807) is 18.3 Å². The van der Waals surface area contributed by atoms with Gasteiger partial charge in [-0.15, -0.1) is 0 Å². The number of nitrogens with zero attached hydrogens (tertiary/aromatic N) is 1. The molecule has 1 saturated carbocycles. The van der Waals surface area contributed by atoms with Gasteiger partial charge in [0.15, 0.2) is 0 Å². The molecule has 2 heterocycles. The predicted molar refractivity (Wildman–Crippen MR) is 84.9 cm³/mol. The van der Waals surface area contributed by atoms with Crippen LogP contribution in [-0.2, 0) is 19.0 Å². The number of carbonyl (C=O) groups excluding carboxylic acids is 2. The standard InChI is InChI=1S/C18H23NO5/c1-11(20)23-17-14-8-18(2,3)7-13(14)15(24-17)10-22-16(21)12-5-4-6-19-9-12/h4-6,9,13-15,17H,7-8,10H2,1-3H3/t13-,14+,15?,17?/m0/s1. The number of carbonyl (C=O) groups is 2. The van der Waals surface area contributed by atoms with Gasteiger partial charge in [0.25, 0.3) is 0 Å². The number of hydrogen-bond donors (Lipinski definition) is 0. The summed E-state index contributed by atoms with van der Waals surface area (Å²) in [6.07, 6.45) is 4.18. The van der Waals surface area contributed by atoms with E-state index in [1.807, 2.05) is 0 Å². The molecule has 0 N–H and O–H groups in total. The Kier molecular flexibility index (Phi) is 4.58. The molecule has 6 nitrogen and oxygen atoms in total. The molecule has 24 heavy (non-hydrogen) atoms. The van der Waals surface area contributed by atoms with E-state index in [-0.39, 0.29) is 35.9 Å². The number of hydrogen-bond acceptors (Lipinski definition) is 6. The quantitative estimate of drug-likeness (QED) is 0.789. The summed E-state index contributed by atoms with van der Waals surface area (Å²) >= 11 is 0. The van der Waals surface area contributed by atoms with Crippen LogP contribution in [0.25, 0.3) is 0 Å². The molecule has 2 unspecified atom stereocenters. The minimum atomic E-state index is -0.545. The molecule has 0 radical (unpaired) electrons. The summed E-state index contributed by atoms with van der Waals surface area (Å²) in [5.41, 5.74) is 0.582. The van der Waals surface area contributed by atoms with E-state index in [0.29, 0.717) is 5.56 Å². The van der Waals surface area contributed by atoms with Gasteiger partial charge in [-0.25, -0.2) is 4.79 Å². The predicted octanol–water partition coefficient (Wildman–Crippen LogP) is 2.58. The van der Waals surface area contributed by atoms with Gasteiger partial charge < -0.3 is 14.2 Å². The second-order valence-corrected chi connectivity index (χ2v) is 7.39. The Labute approximate surface area is 141 Å². The SMILES string of the molecule is CC(=O)OC1OC(COC(=O)c2cccnc2)[C@H]2CC(C)(C)C[C@@H]12. The molecule has 0 amide bonds. The molecule has 0 bridgehead atoms. The molecule has 1 aliphatic carbocycles. The molecule has 3 rings (SSSR count). The van der Waals surface area contributed by atoms with Crippen molar-refractivity contribution in [3.8, 4) is 0 Å². The smallest absolute Gasteiger partial charge is 0.339 e. The van der Waals surface area contributed by atoms with E-state index in [0.717, 1.165) is 12.8 Å². The van der Waals surface area contributed by atoms with E-state index in [4.69, 9.17) is 14.2 Å². The maximum absolute atomic E-state index is 12.1. The summed E-state index contributed by atoms with van der Waals surface area (Å²) in [4.78, 5) is 27.3. The van der Waals surface area contributed by atoms with Gasteiger partial charge in [-0.2, -0.15) is 0 Å². The zero-order valence-electron chi connectivity index (χ0n) is 14.2. The van der Waals surface area contributed by atoms with Crippen LogP contribution in [0, 0.1) is 17.3 Å². The second kappa shape index (κ2) is 6.51. The highest BCUT2D eigenvalue weighted by atomic mass is 16.7. The molecule has 6 heteroatoms. The molecule has 130 valence electrons. The van der Waals surface area contributed by atoms with Crippen LogP contribution < -0.4 is 0 Å². The van der Waals surface area contributed by atoms with Crippen LogP contribution >= 0.6 is 0 Å². The normalized spacial score (nSPS) is 30.6. The van der Waals surface area contributed by atoms with Crippen LogP contribution in [0.3, 0.4) is 0 Å². The Morgan fingerprint density at radius 1 is 1.33 bits per heavy atom. The monoisotopic (exact) mass is 333 g/mol. The van der Waals surface area contributed by atoms with Crippen LogP contribution in [0.5, 0.6) is 0 Å². The first-order chi connectivity index (χ1) is 11.4. The Bertz CT molecular complexity index is 615. The lowest BCUT2D eigenvalue weighted by Crippen LogP contribution is -2.27. The number of ether oxygens (including phenoxy) is 3. The van der Waals surface area contributed by atoms with E-state index < -0.39 is 12.3 Å². The third-order valence-corrected chi connectivity index (χ3v) is 4.82. The first kappa shape index (κ1) is 16.9. The lowest BCUT2D eigenvalue weighted by molar-refractivity contribution is -0.183. The van der Waals surface area contributed by atoms with E-state index in [2.05, 4.69) is 18.8 Å². The van der Waals surface area contributed by atoms with Gasteiger partial charge >= 0.3 is 11.9 Å². The summed E-state index contributed by atoms with van der Waals surface area (Å²) in [6.45, 7) is 5.95. The average molecular weight is 333 g/mol. The summed E-state index contributed by atoms with van der Waals surface area (Å²) in [5, 5.41) is 0. The molecule has 1 saturated heterocycles. The highest BCUT2D eigenvalue weighted by molar-refractivity contribution is 5.88. The molecule has 2 fully saturated rings. The number of pyridine rings is 1. The topological polar surface area (TPSA) is 74.7 Å². The Morgan fingerprint density at radius 3 is 2.75 bits per heavy atom. The molecule has 1 aliphatic heterocycles. The van der Waals surface area contributed by atoms with Gasteiger partial charge in [-0.3, -0.25) is 9.78 Å². The van der Waals surface area contributed by atoms with Crippen LogP contribution in [0.4, 0.5) is 0 Å². The lowest BCUT2D eigenvalue weighted by Gasteiger charge is -2.23. The van der Waals surface area contributed by atoms with Crippen molar-refractivity contribution in [3.05, 3.63) is 30.1 Å². The number of rotatable bonds is 4. The van der Waals surface area contributed by atoms with Crippen molar-refractivity contribution in [2.24, 2.45) is 17.3 Å². The summed E-state index contributed by atoms with van der Waals surface area (Å²) < 4.78 is 16.6. The van der Waals surface area contributed by atoms with Gasteiger partial charge in [-0.05, 0) is 36.3 Å². The largest absolute Gasteiger partial charge is 0.459 e. The molecule has 1 aromatic heterocycles. The highest BCUT2D eigenvalue weighted by Gasteiger charge is 2.54. The van der Waals surface area contributed by atoms with Crippen molar-refractivity contribution in [3.63, 3.8) is 0 Å². The van der Waals surface area contributed by atoms with Crippen molar-refractivity contribution in [2.75, 3.05) is 6.61 Å².